The second-order valence-electron chi connectivity index (χ2n) is 4.60. The summed E-state index contributed by atoms with van der Waals surface area (Å²) in [4.78, 5) is 4.26. The van der Waals surface area contributed by atoms with Crippen molar-refractivity contribution in [1.29, 1.82) is 5.26 Å². The molecule has 0 N–H and O–H groups in total. The molecule has 1 atom stereocenters. The number of likely N-dealkylation sites (N-methyl/N-ethyl adjacent to an activating group) is 1. The topological polar surface area (TPSA) is 30.3 Å². The fourth-order valence-corrected chi connectivity index (χ4v) is 2.27. The molecule has 0 bridgehead atoms. The maximum absolute atomic E-state index is 13.5. The predicted molar refractivity (Wildman–Crippen MR) is 65.4 cm³/mol. The van der Waals surface area contributed by atoms with Crippen LogP contribution in [0.25, 0.3) is 0 Å². The van der Waals surface area contributed by atoms with Crippen LogP contribution in [0.2, 0.25) is 0 Å². The molecule has 2 rings (SSSR count). The summed E-state index contributed by atoms with van der Waals surface area (Å²) in [7, 11) is 4.09. The number of anilines is 1. The summed E-state index contributed by atoms with van der Waals surface area (Å²) < 4.78 is 13.5. The average molecular weight is 233 g/mol. The molecule has 0 aromatic heterocycles. The van der Waals surface area contributed by atoms with Crippen molar-refractivity contribution >= 4 is 5.69 Å². The highest BCUT2D eigenvalue weighted by Gasteiger charge is 2.26. The van der Waals surface area contributed by atoms with Gasteiger partial charge in [-0.15, -0.1) is 0 Å². The van der Waals surface area contributed by atoms with Crippen molar-refractivity contribution in [3.8, 4) is 6.07 Å². The van der Waals surface area contributed by atoms with Gasteiger partial charge in [0.2, 0.25) is 0 Å². The first-order valence-electron chi connectivity index (χ1n) is 5.73. The van der Waals surface area contributed by atoms with Crippen LogP contribution in [-0.2, 0) is 0 Å². The van der Waals surface area contributed by atoms with Crippen molar-refractivity contribution in [1.82, 2.24) is 4.90 Å². The van der Waals surface area contributed by atoms with E-state index in [1.807, 2.05) is 26.2 Å². The average Bonchev–Trinajstić information content (AvgIpc) is 2.77. The van der Waals surface area contributed by atoms with Crippen LogP contribution in [0.3, 0.4) is 0 Å². The summed E-state index contributed by atoms with van der Waals surface area (Å²) >= 11 is 0. The first-order chi connectivity index (χ1) is 8.13. The summed E-state index contributed by atoms with van der Waals surface area (Å²) in [6.45, 7) is 1.73. The third kappa shape index (κ3) is 2.25. The molecular formula is C13H16FN3. The Hall–Kier alpha value is -1.60. The molecule has 1 aromatic carbocycles. The first-order valence-corrected chi connectivity index (χ1v) is 5.73. The van der Waals surface area contributed by atoms with Gasteiger partial charge in [-0.1, -0.05) is 6.07 Å². The van der Waals surface area contributed by atoms with E-state index in [-0.39, 0.29) is 5.56 Å². The number of nitriles is 1. The van der Waals surface area contributed by atoms with Crippen molar-refractivity contribution in [2.75, 3.05) is 32.1 Å². The lowest BCUT2D eigenvalue weighted by atomic mass is 10.1. The number of hydrogen-bond acceptors (Lipinski definition) is 3. The van der Waals surface area contributed by atoms with Gasteiger partial charge in [-0.2, -0.15) is 5.26 Å². The minimum atomic E-state index is -0.432. The lowest BCUT2D eigenvalue weighted by Crippen LogP contribution is -2.31. The number of rotatable bonds is 2. The first kappa shape index (κ1) is 11.9. The Morgan fingerprint density at radius 1 is 1.47 bits per heavy atom. The van der Waals surface area contributed by atoms with Crippen LogP contribution in [0.4, 0.5) is 10.1 Å². The van der Waals surface area contributed by atoms with Gasteiger partial charge in [0, 0.05) is 19.1 Å². The van der Waals surface area contributed by atoms with Crippen LogP contribution in [0, 0.1) is 17.1 Å². The molecule has 1 fully saturated rings. The molecule has 3 nitrogen and oxygen atoms in total. The van der Waals surface area contributed by atoms with Gasteiger partial charge in [-0.25, -0.2) is 4.39 Å². The van der Waals surface area contributed by atoms with Crippen LogP contribution < -0.4 is 4.90 Å². The van der Waals surface area contributed by atoms with Crippen LogP contribution >= 0.6 is 0 Å². The molecule has 1 heterocycles. The van der Waals surface area contributed by atoms with Gasteiger partial charge in [0.25, 0.3) is 0 Å². The summed E-state index contributed by atoms with van der Waals surface area (Å²) in [5, 5.41) is 9.01. The van der Waals surface area contributed by atoms with Gasteiger partial charge in [-0.05, 0) is 32.6 Å². The molecule has 0 aliphatic carbocycles. The Morgan fingerprint density at radius 3 is 2.82 bits per heavy atom. The number of benzene rings is 1. The Morgan fingerprint density at radius 2 is 2.24 bits per heavy atom. The molecule has 90 valence electrons. The fraction of sp³-hybridized carbons (Fsp3) is 0.462. The van der Waals surface area contributed by atoms with Gasteiger partial charge in [0.1, 0.15) is 17.4 Å². The molecular weight excluding hydrogens is 217 g/mol. The van der Waals surface area contributed by atoms with E-state index in [4.69, 9.17) is 5.26 Å². The fourth-order valence-electron chi connectivity index (χ4n) is 2.27. The van der Waals surface area contributed by atoms with E-state index < -0.39 is 5.82 Å². The van der Waals surface area contributed by atoms with Crippen LogP contribution in [0.15, 0.2) is 18.2 Å². The molecule has 17 heavy (non-hydrogen) atoms. The van der Waals surface area contributed by atoms with Crippen molar-refractivity contribution in [3.63, 3.8) is 0 Å². The standard InChI is InChI=1S/C13H16FN3/c1-16(2)10-6-7-17(9-10)13-5-3-4-12(14)11(13)8-15/h3-5,10H,6-7,9H2,1-2H3. The molecule has 0 amide bonds. The monoisotopic (exact) mass is 233 g/mol. The Balaban J connectivity index is 2.25. The summed E-state index contributed by atoms with van der Waals surface area (Å²) in [5.41, 5.74) is 0.878. The largest absolute Gasteiger partial charge is 0.369 e. The molecule has 0 spiro atoms. The number of halogens is 1. The quantitative estimate of drug-likeness (QED) is 0.780. The lowest BCUT2D eigenvalue weighted by Gasteiger charge is -2.22. The highest BCUT2D eigenvalue weighted by atomic mass is 19.1. The van der Waals surface area contributed by atoms with Gasteiger partial charge < -0.3 is 9.80 Å². The second kappa shape index (κ2) is 4.72. The highest BCUT2D eigenvalue weighted by molar-refractivity contribution is 5.60. The Bertz CT molecular complexity index is 450. The Kier molecular flexibility index (Phi) is 3.30. The van der Waals surface area contributed by atoms with Crippen LogP contribution in [0.1, 0.15) is 12.0 Å². The normalized spacial score (nSPS) is 19.7. The van der Waals surface area contributed by atoms with Crippen molar-refractivity contribution in [3.05, 3.63) is 29.6 Å². The predicted octanol–water partition coefficient (Wildman–Crippen LogP) is 1.84. The van der Waals surface area contributed by atoms with E-state index in [0.29, 0.717) is 6.04 Å². The van der Waals surface area contributed by atoms with Crippen molar-refractivity contribution in [2.24, 2.45) is 0 Å². The van der Waals surface area contributed by atoms with Crippen LogP contribution in [0.5, 0.6) is 0 Å². The van der Waals surface area contributed by atoms with Crippen molar-refractivity contribution in [2.45, 2.75) is 12.5 Å². The second-order valence-corrected chi connectivity index (χ2v) is 4.60. The molecule has 1 aliphatic heterocycles. The van der Waals surface area contributed by atoms with E-state index >= 15 is 0 Å². The third-order valence-corrected chi connectivity index (χ3v) is 3.34. The zero-order chi connectivity index (χ0) is 12.4. The van der Waals surface area contributed by atoms with E-state index in [2.05, 4.69) is 9.80 Å². The maximum Gasteiger partial charge on any atom is 0.143 e. The SMILES string of the molecule is CN(C)C1CCN(c2cccc(F)c2C#N)C1. The Labute approximate surface area is 101 Å². The number of hydrogen-bond donors (Lipinski definition) is 0. The minimum Gasteiger partial charge on any atom is -0.369 e. The maximum atomic E-state index is 13.5. The number of nitrogens with zero attached hydrogens (tertiary/aromatic N) is 3. The summed E-state index contributed by atoms with van der Waals surface area (Å²) in [6, 6.07) is 7.25. The lowest BCUT2D eigenvalue weighted by molar-refractivity contribution is 0.315. The van der Waals surface area contributed by atoms with Gasteiger partial charge in [0.15, 0.2) is 0 Å². The highest BCUT2D eigenvalue weighted by Crippen LogP contribution is 2.26. The van der Waals surface area contributed by atoms with Crippen LogP contribution in [-0.4, -0.2) is 38.1 Å². The summed E-state index contributed by atoms with van der Waals surface area (Å²) in [6.07, 6.45) is 1.05. The molecule has 1 aliphatic rings. The van der Waals surface area contributed by atoms with E-state index in [1.54, 1.807) is 6.07 Å². The molecule has 0 radical (unpaired) electrons. The third-order valence-electron chi connectivity index (χ3n) is 3.34. The molecule has 1 saturated heterocycles. The zero-order valence-corrected chi connectivity index (χ0v) is 10.2. The van der Waals surface area contributed by atoms with Gasteiger partial charge in [0.05, 0.1) is 5.69 Å². The molecule has 1 unspecified atom stereocenters. The van der Waals surface area contributed by atoms with Crippen molar-refractivity contribution < 1.29 is 4.39 Å². The van der Waals surface area contributed by atoms with Gasteiger partial charge >= 0.3 is 0 Å². The van der Waals surface area contributed by atoms with Gasteiger partial charge in [-0.3, -0.25) is 0 Å². The van der Waals surface area contributed by atoms with E-state index in [1.165, 1.54) is 6.07 Å². The summed E-state index contributed by atoms with van der Waals surface area (Å²) in [5.74, 6) is -0.432. The molecule has 4 heteroatoms. The molecule has 1 aromatic rings. The zero-order valence-electron chi connectivity index (χ0n) is 10.2. The van der Waals surface area contributed by atoms with E-state index in [9.17, 15) is 4.39 Å². The smallest absolute Gasteiger partial charge is 0.143 e. The molecule has 0 saturated carbocycles. The van der Waals surface area contributed by atoms with E-state index in [0.717, 1.165) is 25.2 Å². The minimum absolute atomic E-state index is 0.159.